The Labute approximate surface area is 293 Å². The number of furan rings is 1. The first kappa shape index (κ1) is 28.0. The highest BCUT2D eigenvalue weighted by Crippen LogP contribution is 2.39. The summed E-state index contributed by atoms with van der Waals surface area (Å²) in [6.07, 6.45) is 0. The Balaban J connectivity index is 1.03. The highest BCUT2D eigenvalue weighted by atomic mass is 16.3. The van der Waals surface area contributed by atoms with Crippen LogP contribution in [0.15, 0.2) is 186 Å². The molecule has 0 saturated heterocycles. The fourth-order valence-corrected chi connectivity index (χ4v) is 8.17. The molecule has 0 aliphatic heterocycles. The van der Waals surface area contributed by atoms with Crippen LogP contribution in [0.1, 0.15) is 0 Å². The van der Waals surface area contributed by atoms with Crippen molar-refractivity contribution in [2.75, 3.05) is 0 Å². The van der Waals surface area contributed by atoms with Gasteiger partial charge in [-0.3, -0.25) is 0 Å². The van der Waals surface area contributed by atoms with E-state index in [1.165, 1.54) is 66.0 Å². The molecule has 0 unspecified atom stereocenters. The topological polar surface area (TPSA) is 23.0 Å². The summed E-state index contributed by atoms with van der Waals surface area (Å²) < 4.78 is 11.1. The Morgan fingerprint density at radius 1 is 0.275 bits per heavy atom. The molecule has 0 spiro atoms. The van der Waals surface area contributed by atoms with Crippen molar-refractivity contribution < 1.29 is 4.42 Å². The summed E-state index contributed by atoms with van der Waals surface area (Å²) in [6.45, 7) is 0. The largest absolute Gasteiger partial charge is 0.456 e. The first-order chi connectivity index (χ1) is 25.3. The Bertz CT molecular complexity index is 3090. The molecular weight excluding hydrogens is 621 g/mol. The van der Waals surface area contributed by atoms with Crippen LogP contribution in [-0.2, 0) is 0 Å². The zero-order chi connectivity index (χ0) is 33.5. The maximum absolute atomic E-state index is 6.38. The van der Waals surface area contributed by atoms with Crippen molar-refractivity contribution in [2.24, 2.45) is 0 Å². The van der Waals surface area contributed by atoms with Crippen molar-refractivity contribution >= 4 is 65.6 Å². The summed E-state index contributed by atoms with van der Waals surface area (Å²) in [6, 6.07) is 65.5. The summed E-state index contributed by atoms with van der Waals surface area (Å²) in [5, 5.41) is 7.25. The molecule has 0 atom stereocenters. The van der Waals surface area contributed by atoms with Gasteiger partial charge < -0.3 is 13.6 Å². The third kappa shape index (κ3) is 4.25. The van der Waals surface area contributed by atoms with E-state index in [1.807, 2.05) is 0 Å². The normalized spacial score (nSPS) is 11.9. The average Bonchev–Trinajstić information content (AvgIpc) is 3.85. The smallest absolute Gasteiger partial charge is 0.135 e. The van der Waals surface area contributed by atoms with Crippen LogP contribution in [0.3, 0.4) is 0 Å². The van der Waals surface area contributed by atoms with Crippen molar-refractivity contribution in [3.8, 4) is 33.6 Å². The number of aromatic nitrogens is 2. The van der Waals surface area contributed by atoms with E-state index in [4.69, 9.17) is 4.42 Å². The molecule has 3 heteroatoms. The third-order valence-corrected chi connectivity index (χ3v) is 10.5. The highest BCUT2D eigenvalue weighted by molar-refractivity contribution is 6.12. The molecule has 238 valence electrons. The summed E-state index contributed by atoms with van der Waals surface area (Å²) >= 11 is 0. The monoisotopic (exact) mass is 650 g/mol. The molecule has 0 bridgehead atoms. The Hall–Kier alpha value is -6.84. The lowest BCUT2D eigenvalue weighted by Crippen LogP contribution is -1.93. The van der Waals surface area contributed by atoms with Crippen LogP contribution < -0.4 is 0 Å². The summed E-state index contributed by atoms with van der Waals surface area (Å²) in [4.78, 5) is 0. The van der Waals surface area contributed by atoms with Crippen molar-refractivity contribution in [1.29, 1.82) is 0 Å². The number of hydrogen-bond donors (Lipinski definition) is 0. The van der Waals surface area contributed by atoms with Crippen molar-refractivity contribution in [3.63, 3.8) is 0 Å². The number of para-hydroxylation sites is 4. The number of rotatable bonds is 4. The molecule has 0 N–H and O–H groups in total. The van der Waals surface area contributed by atoms with Crippen LogP contribution in [-0.4, -0.2) is 9.13 Å². The van der Waals surface area contributed by atoms with Gasteiger partial charge in [0.2, 0.25) is 0 Å². The van der Waals surface area contributed by atoms with Gasteiger partial charge in [-0.1, -0.05) is 103 Å². The third-order valence-electron chi connectivity index (χ3n) is 10.5. The molecule has 0 amide bonds. The standard InChI is InChI=1S/C48H30N2O/c1-2-13-35(14-3-1)49-45-20-9-6-17-39(45)40-28-33(21-24-46(40)49)31-11-10-12-32(27-31)34-22-25-47-41(29-34)42-30-36(23-26-48(42)51-47)50-43-18-7-4-15-37(43)38-16-5-8-19-44(38)50/h1-30H. The van der Waals surface area contributed by atoms with Crippen LogP contribution in [0.5, 0.6) is 0 Å². The molecule has 0 aliphatic rings. The molecule has 0 radical (unpaired) electrons. The number of nitrogens with zero attached hydrogens (tertiary/aromatic N) is 2. The van der Waals surface area contributed by atoms with Gasteiger partial charge in [-0.15, -0.1) is 0 Å². The van der Waals surface area contributed by atoms with E-state index in [1.54, 1.807) is 0 Å². The van der Waals surface area contributed by atoms with E-state index >= 15 is 0 Å². The first-order valence-electron chi connectivity index (χ1n) is 17.4. The molecule has 3 aromatic heterocycles. The van der Waals surface area contributed by atoms with E-state index in [0.717, 1.165) is 33.2 Å². The second kappa shape index (κ2) is 10.8. The number of hydrogen-bond acceptors (Lipinski definition) is 1. The Morgan fingerprint density at radius 2 is 0.745 bits per heavy atom. The van der Waals surface area contributed by atoms with E-state index in [9.17, 15) is 0 Å². The van der Waals surface area contributed by atoms with Gasteiger partial charge in [-0.25, -0.2) is 0 Å². The van der Waals surface area contributed by atoms with Crippen LogP contribution in [0.25, 0.3) is 99.2 Å². The maximum atomic E-state index is 6.38. The molecule has 8 aromatic carbocycles. The quantitative estimate of drug-likeness (QED) is 0.186. The van der Waals surface area contributed by atoms with E-state index in [-0.39, 0.29) is 0 Å². The van der Waals surface area contributed by atoms with E-state index in [0.29, 0.717) is 0 Å². The minimum atomic E-state index is 0.892. The van der Waals surface area contributed by atoms with Crippen LogP contribution in [0.2, 0.25) is 0 Å². The molecule has 3 heterocycles. The predicted octanol–water partition coefficient (Wildman–Crippen LogP) is 13.1. The fraction of sp³-hybridized carbons (Fsp3) is 0. The second-order valence-corrected chi connectivity index (χ2v) is 13.4. The summed E-state index contributed by atoms with van der Waals surface area (Å²) in [5.41, 5.74) is 13.6. The van der Waals surface area contributed by atoms with Crippen LogP contribution in [0.4, 0.5) is 0 Å². The molecule has 3 nitrogen and oxygen atoms in total. The van der Waals surface area contributed by atoms with Crippen molar-refractivity contribution in [1.82, 2.24) is 9.13 Å². The SMILES string of the molecule is c1ccc(-n2c3ccccc3c3cc(-c4cccc(-c5ccc6oc7ccc(-n8c9ccccc9c9ccccc98)cc7c6c5)c4)ccc32)cc1. The van der Waals surface area contributed by atoms with Gasteiger partial charge in [-0.05, 0) is 101 Å². The van der Waals surface area contributed by atoms with Gasteiger partial charge in [0.25, 0.3) is 0 Å². The fourth-order valence-electron chi connectivity index (χ4n) is 8.17. The predicted molar refractivity (Wildman–Crippen MR) is 213 cm³/mol. The highest BCUT2D eigenvalue weighted by Gasteiger charge is 2.16. The van der Waals surface area contributed by atoms with E-state index < -0.39 is 0 Å². The molecule has 11 rings (SSSR count). The molecule has 0 fully saturated rings. The molecule has 11 aromatic rings. The van der Waals surface area contributed by atoms with Crippen molar-refractivity contribution in [2.45, 2.75) is 0 Å². The van der Waals surface area contributed by atoms with Gasteiger partial charge in [0.1, 0.15) is 11.2 Å². The Kier molecular flexibility index (Phi) is 5.96. The van der Waals surface area contributed by atoms with Crippen molar-refractivity contribution in [3.05, 3.63) is 182 Å². The van der Waals surface area contributed by atoms with Gasteiger partial charge >= 0.3 is 0 Å². The first-order valence-corrected chi connectivity index (χ1v) is 17.4. The molecular formula is C48H30N2O. The van der Waals surface area contributed by atoms with Gasteiger partial charge in [0.05, 0.1) is 22.1 Å². The maximum Gasteiger partial charge on any atom is 0.135 e. The van der Waals surface area contributed by atoms with Gasteiger partial charge in [0, 0.05) is 43.7 Å². The van der Waals surface area contributed by atoms with Crippen LogP contribution >= 0.6 is 0 Å². The zero-order valence-electron chi connectivity index (χ0n) is 27.6. The molecule has 0 saturated carbocycles. The lowest BCUT2D eigenvalue weighted by atomic mass is 9.97. The minimum Gasteiger partial charge on any atom is -0.456 e. The van der Waals surface area contributed by atoms with Crippen LogP contribution in [0, 0.1) is 0 Å². The summed E-state index contributed by atoms with van der Waals surface area (Å²) in [5.74, 6) is 0. The minimum absolute atomic E-state index is 0.892. The van der Waals surface area contributed by atoms with E-state index in [2.05, 4.69) is 191 Å². The number of benzene rings is 8. The second-order valence-electron chi connectivity index (χ2n) is 13.4. The average molecular weight is 651 g/mol. The lowest BCUT2D eigenvalue weighted by Gasteiger charge is -2.09. The Morgan fingerprint density at radius 3 is 1.41 bits per heavy atom. The zero-order valence-corrected chi connectivity index (χ0v) is 27.6. The molecule has 51 heavy (non-hydrogen) atoms. The van der Waals surface area contributed by atoms with Gasteiger partial charge in [0.15, 0.2) is 0 Å². The summed E-state index contributed by atoms with van der Waals surface area (Å²) in [7, 11) is 0. The number of fused-ring (bicyclic) bond motifs is 9. The molecule has 0 aliphatic carbocycles. The van der Waals surface area contributed by atoms with Gasteiger partial charge in [-0.2, -0.15) is 0 Å². The lowest BCUT2D eigenvalue weighted by molar-refractivity contribution is 0.669.